The van der Waals surface area contributed by atoms with Gasteiger partial charge in [0.2, 0.25) is 0 Å². The minimum Gasteiger partial charge on any atom is -0.493 e. The van der Waals surface area contributed by atoms with E-state index in [0.29, 0.717) is 0 Å². The summed E-state index contributed by atoms with van der Waals surface area (Å²) >= 11 is 0. The second-order valence-corrected chi connectivity index (χ2v) is 4.45. The van der Waals surface area contributed by atoms with E-state index in [9.17, 15) is 0 Å². The molecule has 2 nitrogen and oxygen atoms in total. The van der Waals surface area contributed by atoms with E-state index in [-0.39, 0.29) is 0 Å². The minimum atomic E-state index is 0.808. The summed E-state index contributed by atoms with van der Waals surface area (Å²) in [5.74, 6) is 1.06. The highest BCUT2D eigenvalue weighted by molar-refractivity contribution is 5.39. The lowest BCUT2D eigenvalue weighted by atomic mass is 10.1. The van der Waals surface area contributed by atoms with E-state index in [1.54, 1.807) is 0 Å². The molecule has 0 radical (unpaired) electrons. The average Bonchev–Trinajstić information content (AvgIpc) is 2.32. The number of rotatable bonds is 7. The van der Waals surface area contributed by atoms with E-state index < -0.39 is 0 Å². The van der Waals surface area contributed by atoms with Gasteiger partial charge >= 0.3 is 0 Å². The summed E-state index contributed by atoms with van der Waals surface area (Å²) in [6, 6.07) is 6.28. The second kappa shape index (κ2) is 7.33. The Labute approximate surface area is 106 Å². The van der Waals surface area contributed by atoms with Crippen molar-refractivity contribution in [1.82, 2.24) is 4.90 Å². The summed E-state index contributed by atoms with van der Waals surface area (Å²) in [5, 5.41) is 0. The predicted octanol–water partition coefficient (Wildman–Crippen LogP) is 3.41. The Balaban J connectivity index is 2.36. The Morgan fingerprint density at radius 2 is 1.65 bits per heavy atom. The molecule has 0 aliphatic heterocycles. The zero-order valence-corrected chi connectivity index (χ0v) is 11.6. The summed E-state index contributed by atoms with van der Waals surface area (Å²) in [5.41, 5.74) is 2.46. The first-order chi connectivity index (χ1) is 8.19. The molecule has 0 aromatic heterocycles. The lowest BCUT2D eigenvalue weighted by molar-refractivity contribution is 0.247. The van der Waals surface area contributed by atoms with E-state index in [0.717, 1.165) is 38.4 Å². The molecule has 0 saturated carbocycles. The fourth-order valence-electron chi connectivity index (χ4n) is 2.03. The molecule has 0 N–H and O–H groups in total. The third-order valence-electron chi connectivity index (χ3n) is 3.17. The first-order valence-corrected chi connectivity index (χ1v) is 6.60. The van der Waals surface area contributed by atoms with E-state index in [4.69, 9.17) is 4.74 Å². The molecule has 1 rings (SSSR count). The Kier molecular flexibility index (Phi) is 6.06. The average molecular weight is 235 g/mol. The highest BCUT2D eigenvalue weighted by Crippen LogP contribution is 2.22. The fraction of sp³-hybridized carbons (Fsp3) is 0.600. The molecule has 96 valence electrons. The van der Waals surface area contributed by atoms with E-state index in [2.05, 4.69) is 50.8 Å². The van der Waals surface area contributed by atoms with Gasteiger partial charge in [-0.05, 0) is 44.5 Å². The molecule has 0 spiro atoms. The van der Waals surface area contributed by atoms with Crippen LogP contribution in [0.25, 0.3) is 0 Å². The smallest absolute Gasteiger partial charge is 0.125 e. The molecule has 0 unspecified atom stereocenters. The van der Waals surface area contributed by atoms with Crippen molar-refractivity contribution in [3.05, 3.63) is 29.3 Å². The van der Waals surface area contributed by atoms with Gasteiger partial charge < -0.3 is 9.64 Å². The van der Waals surface area contributed by atoms with Crippen molar-refractivity contribution in [3.8, 4) is 5.75 Å². The van der Waals surface area contributed by atoms with Gasteiger partial charge in [-0.3, -0.25) is 0 Å². The summed E-state index contributed by atoms with van der Waals surface area (Å²) in [6.45, 7) is 12.8. The van der Waals surface area contributed by atoms with Crippen LogP contribution in [0.15, 0.2) is 18.2 Å². The van der Waals surface area contributed by atoms with Crippen LogP contribution in [0.5, 0.6) is 5.75 Å². The highest BCUT2D eigenvalue weighted by atomic mass is 16.5. The molecule has 0 amide bonds. The van der Waals surface area contributed by atoms with Crippen LogP contribution < -0.4 is 4.74 Å². The first-order valence-electron chi connectivity index (χ1n) is 6.60. The monoisotopic (exact) mass is 235 g/mol. The van der Waals surface area contributed by atoms with Crippen molar-refractivity contribution in [2.75, 3.05) is 26.2 Å². The van der Waals surface area contributed by atoms with Crippen molar-refractivity contribution in [2.24, 2.45) is 0 Å². The third kappa shape index (κ3) is 4.39. The number of para-hydroxylation sites is 1. The summed E-state index contributed by atoms with van der Waals surface area (Å²) in [6.07, 6.45) is 1.09. The molecule has 0 aliphatic carbocycles. The van der Waals surface area contributed by atoms with Crippen molar-refractivity contribution in [2.45, 2.75) is 34.1 Å². The molecule has 0 fully saturated rings. The SMILES string of the molecule is CCN(CC)CCCOc1c(C)cccc1C. The fourth-order valence-corrected chi connectivity index (χ4v) is 2.03. The van der Waals surface area contributed by atoms with Crippen LogP contribution in [0.3, 0.4) is 0 Å². The van der Waals surface area contributed by atoms with Gasteiger partial charge in [0.25, 0.3) is 0 Å². The Bertz CT molecular complexity index is 311. The zero-order valence-electron chi connectivity index (χ0n) is 11.6. The highest BCUT2D eigenvalue weighted by Gasteiger charge is 2.03. The molecular formula is C15H25NO. The van der Waals surface area contributed by atoms with Gasteiger partial charge in [-0.25, -0.2) is 0 Å². The topological polar surface area (TPSA) is 12.5 Å². The van der Waals surface area contributed by atoms with Gasteiger partial charge in [-0.15, -0.1) is 0 Å². The maximum Gasteiger partial charge on any atom is 0.125 e. The van der Waals surface area contributed by atoms with Gasteiger partial charge in [-0.1, -0.05) is 32.0 Å². The van der Waals surface area contributed by atoms with Crippen molar-refractivity contribution < 1.29 is 4.74 Å². The quantitative estimate of drug-likeness (QED) is 0.671. The third-order valence-corrected chi connectivity index (χ3v) is 3.17. The van der Waals surface area contributed by atoms with Crippen LogP contribution in [0.1, 0.15) is 31.4 Å². The lowest BCUT2D eigenvalue weighted by Gasteiger charge is -2.18. The van der Waals surface area contributed by atoms with Crippen LogP contribution in [0.2, 0.25) is 0 Å². The number of aryl methyl sites for hydroxylation is 2. The maximum absolute atomic E-state index is 5.88. The Morgan fingerprint density at radius 1 is 1.06 bits per heavy atom. The molecule has 0 atom stereocenters. The van der Waals surface area contributed by atoms with Crippen LogP contribution >= 0.6 is 0 Å². The van der Waals surface area contributed by atoms with Gasteiger partial charge in [-0.2, -0.15) is 0 Å². The van der Waals surface area contributed by atoms with Gasteiger partial charge in [0.15, 0.2) is 0 Å². The van der Waals surface area contributed by atoms with Crippen LogP contribution in [-0.2, 0) is 0 Å². The minimum absolute atomic E-state index is 0.808. The number of hydrogen-bond acceptors (Lipinski definition) is 2. The van der Waals surface area contributed by atoms with Crippen LogP contribution in [0.4, 0.5) is 0 Å². The molecule has 0 bridgehead atoms. The standard InChI is InChI=1S/C15H25NO/c1-5-16(6-2)11-8-12-17-15-13(3)9-7-10-14(15)4/h7,9-10H,5-6,8,11-12H2,1-4H3. The van der Waals surface area contributed by atoms with Gasteiger partial charge in [0, 0.05) is 6.54 Å². The summed E-state index contributed by atoms with van der Waals surface area (Å²) in [7, 11) is 0. The number of benzene rings is 1. The summed E-state index contributed by atoms with van der Waals surface area (Å²) < 4.78 is 5.88. The number of ether oxygens (including phenoxy) is 1. The van der Waals surface area contributed by atoms with Crippen molar-refractivity contribution >= 4 is 0 Å². The molecule has 17 heavy (non-hydrogen) atoms. The Morgan fingerprint density at radius 3 is 2.18 bits per heavy atom. The van der Waals surface area contributed by atoms with Crippen LogP contribution in [-0.4, -0.2) is 31.1 Å². The molecule has 2 heteroatoms. The molecular weight excluding hydrogens is 210 g/mol. The van der Waals surface area contributed by atoms with Gasteiger partial charge in [0.1, 0.15) is 5.75 Å². The van der Waals surface area contributed by atoms with E-state index in [1.807, 2.05) is 0 Å². The van der Waals surface area contributed by atoms with Crippen LogP contribution in [0, 0.1) is 13.8 Å². The molecule has 0 saturated heterocycles. The largest absolute Gasteiger partial charge is 0.493 e. The maximum atomic E-state index is 5.88. The normalized spacial score (nSPS) is 10.9. The van der Waals surface area contributed by atoms with Crippen molar-refractivity contribution in [1.29, 1.82) is 0 Å². The predicted molar refractivity (Wildman–Crippen MR) is 73.8 cm³/mol. The molecule has 1 aromatic carbocycles. The number of hydrogen-bond donors (Lipinski definition) is 0. The lowest BCUT2D eigenvalue weighted by Crippen LogP contribution is -2.25. The summed E-state index contributed by atoms with van der Waals surface area (Å²) in [4.78, 5) is 2.42. The van der Waals surface area contributed by atoms with Crippen molar-refractivity contribution in [3.63, 3.8) is 0 Å². The Hall–Kier alpha value is -1.02. The number of nitrogens with zero attached hydrogens (tertiary/aromatic N) is 1. The zero-order chi connectivity index (χ0) is 12.7. The molecule has 1 aromatic rings. The van der Waals surface area contributed by atoms with E-state index in [1.165, 1.54) is 11.1 Å². The van der Waals surface area contributed by atoms with Gasteiger partial charge in [0.05, 0.1) is 6.61 Å². The van der Waals surface area contributed by atoms with E-state index >= 15 is 0 Å². The first kappa shape index (κ1) is 14.0. The molecule has 0 heterocycles. The molecule has 0 aliphatic rings. The second-order valence-electron chi connectivity index (χ2n) is 4.45.